The van der Waals surface area contributed by atoms with Crippen molar-refractivity contribution < 1.29 is 15.0 Å². The Morgan fingerprint density at radius 3 is 2.68 bits per heavy atom. The van der Waals surface area contributed by atoms with Crippen molar-refractivity contribution in [2.24, 2.45) is 5.10 Å². The second kappa shape index (κ2) is 7.15. The van der Waals surface area contributed by atoms with Gasteiger partial charge in [0.05, 0.1) is 23.2 Å². The second-order valence-corrected chi connectivity index (χ2v) is 5.30. The van der Waals surface area contributed by atoms with Crippen LogP contribution < -0.4 is 5.43 Å². The van der Waals surface area contributed by atoms with Gasteiger partial charge < -0.3 is 10.2 Å². The SMILES string of the molecule is O=C(Cc1cccc(O)c1)NN=Cc1c(O)cc(Cl)cc1Cl. The highest BCUT2D eigenvalue weighted by Crippen LogP contribution is 2.28. The highest BCUT2D eigenvalue weighted by Gasteiger charge is 2.07. The maximum Gasteiger partial charge on any atom is 0.244 e. The summed E-state index contributed by atoms with van der Waals surface area (Å²) in [4.78, 5) is 11.7. The lowest BCUT2D eigenvalue weighted by atomic mass is 10.1. The molecule has 7 heteroatoms. The highest BCUT2D eigenvalue weighted by molar-refractivity contribution is 6.36. The molecule has 0 aliphatic rings. The lowest BCUT2D eigenvalue weighted by Gasteiger charge is -2.03. The molecule has 2 aromatic rings. The summed E-state index contributed by atoms with van der Waals surface area (Å²) >= 11 is 11.7. The molecule has 2 aromatic carbocycles. The number of nitrogens with zero attached hydrogens (tertiary/aromatic N) is 1. The van der Waals surface area contributed by atoms with E-state index in [1.165, 1.54) is 30.5 Å². The minimum absolute atomic E-state index is 0.0616. The van der Waals surface area contributed by atoms with Gasteiger partial charge in [-0.2, -0.15) is 5.10 Å². The molecule has 0 heterocycles. The average Bonchev–Trinajstić information content (AvgIpc) is 2.41. The number of nitrogens with one attached hydrogen (secondary N) is 1. The fraction of sp³-hybridized carbons (Fsp3) is 0.0667. The summed E-state index contributed by atoms with van der Waals surface area (Å²) < 4.78 is 0. The monoisotopic (exact) mass is 338 g/mol. The van der Waals surface area contributed by atoms with Crippen molar-refractivity contribution in [3.8, 4) is 11.5 Å². The third-order valence-electron chi connectivity index (χ3n) is 2.73. The van der Waals surface area contributed by atoms with Crippen LogP contribution in [0.2, 0.25) is 10.0 Å². The number of hydrazone groups is 1. The number of rotatable bonds is 4. The number of hydrogen-bond donors (Lipinski definition) is 3. The van der Waals surface area contributed by atoms with Gasteiger partial charge in [0.2, 0.25) is 5.91 Å². The largest absolute Gasteiger partial charge is 0.508 e. The Kier molecular flexibility index (Phi) is 5.25. The van der Waals surface area contributed by atoms with E-state index in [-0.39, 0.29) is 34.4 Å². The smallest absolute Gasteiger partial charge is 0.244 e. The highest BCUT2D eigenvalue weighted by atomic mass is 35.5. The molecule has 0 unspecified atom stereocenters. The van der Waals surface area contributed by atoms with E-state index in [4.69, 9.17) is 23.2 Å². The first kappa shape index (κ1) is 16.1. The molecule has 3 N–H and O–H groups in total. The van der Waals surface area contributed by atoms with Crippen LogP contribution in [0.3, 0.4) is 0 Å². The van der Waals surface area contributed by atoms with Gasteiger partial charge in [-0.1, -0.05) is 35.3 Å². The van der Waals surface area contributed by atoms with Crippen LogP contribution >= 0.6 is 23.2 Å². The van der Waals surface area contributed by atoms with E-state index in [9.17, 15) is 15.0 Å². The van der Waals surface area contributed by atoms with Gasteiger partial charge in [-0.25, -0.2) is 5.43 Å². The minimum Gasteiger partial charge on any atom is -0.508 e. The van der Waals surface area contributed by atoms with Gasteiger partial charge in [0.15, 0.2) is 0 Å². The number of benzene rings is 2. The summed E-state index contributed by atoms with van der Waals surface area (Å²) in [7, 11) is 0. The van der Waals surface area contributed by atoms with E-state index < -0.39 is 0 Å². The maximum absolute atomic E-state index is 11.7. The number of amides is 1. The summed E-state index contributed by atoms with van der Waals surface area (Å²) in [6.07, 6.45) is 1.29. The molecule has 5 nitrogen and oxygen atoms in total. The maximum atomic E-state index is 11.7. The van der Waals surface area contributed by atoms with Crippen LogP contribution in [0.5, 0.6) is 11.5 Å². The quantitative estimate of drug-likeness (QED) is 0.591. The first-order valence-corrected chi connectivity index (χ1v) is 6.99. The molecule has 0 aromatic heterocycles. The van der Waals surface area contributed by atoms with Crippen molar-refractivity contribution in [1.82, 2.24) is 5.43 Å². The Balaban J connectivity index is 1.99. The molecule has 0 aliphatic heterocycles. The minimum atomic E-state index is -0.369. The normalized spacial score (nSPS) is 10.8. The lowest BCUT2D eigenvalue weighted by Crippen LogP contribution is -2.19. The molecule has 2 rings (SSSR count). The first-order valence-electron chi connectivity index (χ1n) is 6.23. The zero-order valence-electron chi connectivity index (χ0n) is 11.3. The number of hydrogen-bond acceptors (Lipinski definition) is 4. The third-order valence-corrected chi connectivity index (χ3v) is 3.26. The number of carbonyl (C=O) groups excluding carboxylic acids is 1. The molecule has 0 spiro atoms. The van der Waals surface area contributed by atoms with Crippen LogP contribution in [-0.2, 0) is 11.2 Å². The summed E-state index contributed by atoms with van der Waals surface area (Å²) in [6, 6.07) is 9.15. The van der Waals surface area contributed by atoms with Gasteiger partial charge in [0.25, 0.3) is 0 Å². The van der Waals surface area contributed by atoms with Gasteiger partial charge in [-0.3, -0.25) is 4.79 Å². The number of phenols is 2. The van der Waals surface area contributed by atoms with Crippen molar-refractivity contribution in [1.29, 1.82) is 0 Å². The van der Waals surface area contributed by atoms with Crippen LogP contribution in [-0.4, -0.2) is 22.3 Å². The number of halogens is 2. The number of aromatic hydroxyl groups is 2. The molecule has 22 heavy (non-hydrogen) atoms. The summed E-state index contributed by atoms with van der Waals surface area (Å²) in [5.41, 5.74) is 3.22. The first-order chi connectivity index (χ1) is 10.5. The van der Waals surface area contributed by atoms with Gasteiger partial charge >= 0.3 is 0 Å². The molecule has 0 fully saturated rings. The van der Waals surface area contributed by atoms with E-state index in [0.29, 0.717) is 10.6 Å². The van der Waals surface area contributed by atoms with Crippen molar-refractivity contribution in [3.05, 3.63) is 57.6 Å². The molecule has 1 amide bonds. The van der Waals surface area contributed by atoms with E-state index >= 15 is 0 Å². The van der Waals surface area contributed by atoms with Gasteiger partial charge in [0.1, 0.15) is 11.5 Å². The van der Waals surface area contributed by atoms with Crippen molar-refractivity contribution in [2.75, 3.05) is 0 Å². The molecular weight excluding hydrogens is 327 g/mol. The van der Waals surface area contributed by atoms with E-state index in [0.717, 1.165) is 0 Å². The van der Waals surface area contributed by atoms with Crippen molar-refractivity contribution >= 4 is 35.3 Å². The Bertz CT molecular complexity index is 709. The zero-order chi connectivity index (χ0) is 16.1. The average molecular weight is 339 g/mol. The zero-order valence-corrected chi connectivity index (χ0v) is 12.8. The van der Waals surface area contributed by atoms with Gasteiger partial charge in [-0.15, -0.1) is 0 Å². The molecular formula is C15H12Cl2N2O3. The Morgan fingerprint density at radius 2 is 2.00 bits per heavy atom. The second-order valence-electron chi connectivity index (χ2n) is 4.46. The molecule has 0 aliphatic carbocycles. The van der Waals surface area contributed by atoms with E-state index in [1.54, 1.807) is 12.1 Å². The van der Waals surface area contributed by atoms with E-state index in [1.807, 2.05) is 0 Å². The lowest BCUT2D eigenvalue weighted by molar-refractivity contribution is -0.120. The van der Waals surface area contributed by atoms with Crippen molar-refractivity contribution in [3.63, 3.8) is 0 Å². The predicted octanol–water partition coefficient (Wildman–Crippen LogP) is 3.10. The van der Waals surface area contributed by atoms with Gasteiger partial charge in [-0.05, 0) is 29.8 Å². The molecule has 0 radical (unpaired) electrons. The van der Waals surface area contributed by atoms with Gasteiger partial charge in [0, 0.05) is 5.02 Å². The third kappa shape index (κ3) is 4.38. The molecule has 0 saturated heterocycles. The molecule has 0 bridgehead atoms. The summed E-state index contributed by atoms with van der Waals surface area (Å²) in [6.45, 7) is 0. The van der Waals surface area contributed by atoms with Crippen molar-refractivity contribution in [2.45, 2.75) is 6.42 Å². The summed E-state index contributed by atoms with van der Waals surface area (Å²) in [5, 5.41) is 23.3. The fourth-order valence-electron chi connectivity index (χ4n) is 1.76. The van der Waals surface area contributed by atoms with Crippen LogP contribution in [0.15, 0.2) is 41.5 Å². The summed E-state index contributed by atoms with van der Waals surface area (Å²) in [5.74, 6) is -0.415. The van der Waals surface area contributed by atoms with E-state index in [2.05, 4.69) is 10.5 Å². The number of phenolic OH excluding ortho intramolecular Hbond substituents is 2. The molecule has 0 saturated carbocycles. The Labute approximate surface area is 136 Å². The standard InChI is InChI=1S/C15H12Cl2N2O3/c16-10-6-13(17)12(14(21)7-10)8-18-19-15(22)5-9-2-1-3-11(20)4-9/h1-4,6-8,20-21H,5H2,(H,19,22). The van der Waals surface area contributed by atoms with Crippen LogP contribution in [0.1, 0.15) is 11.1 Å². The molecule has 114 valence electrons. The predicted molar refractivity (Wildman–Crippen MR) is 85.7 cm³/mol. The molecule has 0 atom stereocenters. The van der Waals surface area contributed by atoms with Crippen LogP contribution in [0, 0.1) is 0 Å². The van der Waals surface area contributed by atoms with Crippen LogP contribution in [0.25, 0.3) is 0 Å². The number of carbonyl (C=O) groups is 1. The Hall–Kier alpha value is -2.24. The van der Waals surface area contributed by atoms with Crippen LogP contribution in [0.4, 0.5) is 0 Å². The topological polar surface area (TPSA) is 81.9 Å². The Morgan fingerprint density at radius 1 is 1.23 bits per heavy atom. The fourth-order valence-corrected chi connectivity index (χ4v) is 2.29.